The number of nitrogens with zero attached hydrogens (tertiary/aromatic N) is 2. The maximum atomic E-state index is 13.9. The first kappa shape index (κ1) is 33.1. The lowest BCUT2D eigenvalue weighted by Crippen LogP contribution is -2.48. The Labute approximate surface area is 254 Å². The van der Waals surface area contributed by atoms with E-state index >= 15 is 0 Å². The largest absolute Gasteiger partial charge is 0.444 e. The van der Waals surface area contributed by atoms with Crippen molar-refractivity contribution in [3.63, 3.8) is 0 Å². The van der Waals surface area contributed by atoms with Gasteiger partial charge in [0.1, 0.15) is 12.3 Å². The summed E-state index contributed by atoms with van der Waals surface area (Å²) in [5.74, 6) is 0. The van der Waals surface area contributed by atoms with Crippen LogP contribution >= 0.6 is 0 Å². The van der Waals surface area contributed by atoms with Gasteiger partial charge in [0.15, 0.2) is 0 Å². The van der Waals surface area contributed by atoms with Gasteiger partial charge in [-0.3, -0.25) is 0 Å². The molecular weight excluding hydrogens is 573 g/mol. The van der Waals surface area contributed by atoms with Crippen LogP contribution in [0.4, 0.5) is 18.0 Å². The zero-order valence-corrected chi connectivity index (χ0v) is 27.2. The normalized spacial score (nSPS) is 16.1. The van der Waals surface area contributed by atoms with E-state index in [1.807, 2.05) is 43.5 Å². The van der Waals surface area contributed by atoms with Gasteiger partial charge in [-0.05, 0) is 63.4 Å². The van der Waals surface area contributed by atoms with Gasteiger partial charge >= 0.3 is 12.3 Å². The van der Waals surface area contributed by atoms with Crippen molar-refractivity contribution in [1.82, 2.24) is 9.47 Å². The van der Waals surface area contributed by atoms with Crippen LogP contribution < -0.4 is 0 Å². The summed E-state index contributed by atoms with van der Waals surface area (Å²) in [6, 6.07) is 15.1. The number of benzene rings is 2. The number of alkyl halides is 3. The molecule has 10 heteroatoms. The molecule has 1 saturated heterocycles. The second-order valence-corrected chi connectivity index (χ2v) is 19.4. The van der Waals surface area contributed by atoms with E-state index in [0.29, 0.717) is 55.6 Å². The number of hydrogen-bond donors (Lipinski definition) is 0. The Kier molecular flexibility index (Phi) is 10.0. The van der Waals surface area contributed by atoms with E-state index in [9.17, 15) is 18.0 Å². The molecule has 1 fully saturated rings. The summed E-state index contributed by atoms with van der Waals surface area (Å²) in [6.45, 7) is 14.6. The molecule has 43 heavy (non-hydrogen) atoms. The monoisotopic (exact) mass is 618 g/mol. The van der Waals surface area contributed by atoms with Crippen molar-refractivity contribution in [2.45, 2.75) is 89.8 Å². The number of piperidine rings is 1. The molecule has 0 N–H and O–H groups in total. The predicted octanol–water partition coefficient (Wildman–Crippen LogP) is 8.46. The number of carbonyl (C=O) groups excluding carboxylic acids is 1. The summed E-state index contributed by atoms with van der Waals surface area (Å²) >= 11 is 0. The molecule has 0 bridgehead atoms. The molecule has 4 rings (SSSR count). The molecule has 1 aliphatic rings. The molecule has 0 saturated carbocycles. The standard InChI is InChI=1S/C33H45F3N2O4Si/c1-31(2,3)42-30(39)37-16-13-32(14-17-37,27-10-8-7-9-11-27)23-41-22-26-21-28(33(34,35)36)20-25-12-15-38(29(25)26)24-40-18-19-43(4,5)6/h7-12,15,20-21H,13-14,16-19,22-24H2,1-6H3. The van der Waals surface area contributed by atoms with Crippen molar-refractivity contribution in [2.75, 3.05) is 26.3 Å². The van der Waals surface area contributed by atoms with Crippen LogP contribution in [-0.2, 0) is 39.1 Å². The number of ether oxygens (including phenoxy) is 3. The maximum Gasteiger partial charge on any atom is 0.416 e. The predicted molar refractivity (Wildman–Crippen MR) is 166 cm³/mol. The highest BCUT2D eigenvalue weighted by molar-refractivity contribution is 6.76. The van der Waals surface area contributed by atoms with Gasteiger partial charge in [0.05, 0.1) is 24.3 Å². The van der Waals surface area contributed by atoms with Crippen LogP contribution in [0.25, 0.3) is 10.9 Å². The molecule has 0 atom stereocenters. The fourth-order valence-corrected chi connectivity index (χ4v) is 6.23. The smallest absolute Gasteiger partial charge is 0.416 e. The van der Waals surface area contributed by atoms with Gasteiger partial charge in [0, 0.05) is 50.3 Å². The Morgan fingerprint density at radius 3 is 2.26 bits per heavy atom. The second-order valence-electron chi connectivity index (χ2n) is 13.8. The average Bonchev–Trinajstić information content (AvgIpc) is 3.33. The van der Waals surface area contributed by atoms with E-state index in [0.717, 1.165) is 11.6 Å². The number of likely N-dealkylation sites (tertiary alicyclic amines) is 1. The molecule has 3 aromatic rings. The Morgan fingerprint density at radius 1 is 0.977 bits per heavy atom. The number of hydrogen-bond acceptors (Lipinski definition) is 4. The lowest BCUT2D eigenvalue weighted by molar-refractivity contribution is -0.137. The third-order valence-corrected chi connectivity index (χ3v) is 9.59. The molecule has 2 aromatic carbocycles. The fraction of sp³-hybridized carbons (Fsp3) is 0.545. The molecule has 236 valence electrons. The summed E-state index contributed by atoms with van der Waals surface area (Å²) in [6.07, 6.45) is -1.74. The maximum absolute atomic E-state index is 13.9. The summed E-state index contributed by atoms with van der Waals surface area (Å²) in [4.78, 5) is 14.4. The first-order valence-corrected chi connectivity index (χ1v) is 18.7. The summed E-state index contributed by atoms with van der Waals surface area (Å²) in [7, 11) is -1.27. The van der Waals surface area contributed by atoms with E-state index in [2.05, 4.69) is 31.8 Å². The van der Waals surface area contributed by atoms with E-state index in [-0.39, 0.29) is 24.8 Å². The third-order valence-electron chi connectivity index (χ3n) is 7.89. The van der Waals surface area contributed by atoms with Crippen LogP contribution in [0, 0.1) is 0 Å². The number of aromatic nitrogens is 1. The first-order valence-electron chi connectivity index (χ1n) is 14.9. The van der Waals surface area contributed by atoms with Gasteiger partial charge in [-0.2, -0.15) is 13.2 Å². The van der Waals surface area contributed by atoms with Crippen LogP contribution in [0.1, 0.15) is 50.3 Å². The van der Waals surface area contributed by atoms with Crippen molar-refractivity contribution in [1.29, 1.82) is 0 Å². The molecule has 1 amide bonds. The lowest BCUT2D eigenvalue weighted by Gasteiger charge is -2.42. The van der Waals surface area contributed by atoms with Crippen LogP contribution in [0.5, 0.6) is 0 Å². The van der Waals surface area contributed by atoms with Crippen molar-refractivity contribution < 1.29 is 32.2 Å². The van der Waals surface area contributed by atoms with Crippen molar-refractivity contribution >= 4 is 25.1 Å². The quantitative estimate of drug-likeness (QED) is 0.169. The minimum absolute atomic E-state index is 0.0176. The number of amides is 1. The van der Waals surface area contributed by atoms with E-state index in [1.165, 1.54) is 12.1 Å². The molecule has 1 aliphatic heterocycles. The zero-order valence-electron chi connectivity index (χ0n) is 26.2. The molecule has 0 aliphatic carbocycles. The highest BCUT2D eigenvalue weighted by Gasteiger charge is 2.39. The molecule has 0 spiro atoms. The van der Waals surface area contributed by atoms with Gasteiger partial charge in [0.25, 0.3) is 0 Å². The van der Waals surface area contributed by atoms with E-state index in [4.69, 9.17) is 14.2 Å². The van der Waals surface area contributed by atoms with Gasteiger partial charge in [-0.1, -0.05) is 50.0 Å². The Bertz CT molecular complexity index is 1370. The SMILES string of the molecule is CC(C)(C)OC(=O)N1CCC(COCc2cc(C(F)(F)F)cc3ccn(COCC[Si](C)(C)C)c23)(c2ccccc2)CC1. The van der Waals surface area contributed by atoms with Gasteiger partial charge in [0.2, 0.25) is 0 Å². The van der Waals surface area contributed by atoms with E-state index in [1.54, 1.807) is 17.2 Å². The van der Waals surface area contributed by atoms with Crippen LogP contribution in [0.3, 0.4) is 0 Å². The molecule has 0 unspecified atom stereocenters. The van der Waals surface area contributed by atoms with E-state index < -0.39 is 25.4 Å². The van der Waals surface area contributed by atoms with Crippen LogP contribution in [0.2, 0.25) is 25.7 Å². The van der Waals surface area contributed by atoms with Crippen LogP contribution in [0.15, 0.2) is 54.7 Å². The van der Waals surface area contributed by atoms with Gasteiger partial charge in [-0.25, -0.2) is 4.79 Å². The second kappa shape index (κ2) is 13.0. The summed E-state index contributed by atoms with van der Waals surface area (Å²) in [5, 5.41) is 0.505. The third kappa shape index (κ3) is 8.86. The number of rotatable bonds is 10. The Hall–Kier alpha value is -2.82. The summed E-state index contributed by atoms with van der Waals surface area (Å²) < 4.78 is 61.3. The fourth-order valence-electron chi connectivity index (χ4n) is 5.47. The highest BCUT2D eigenvalue weighted by atomic mass is 28.3. The zero-order chi connectivity index (χ0) is 31.5. The lowest BCUT2D eigenvalue weighted by atomic mass is 9.73. The minimum atomic E-state index is -4.47. The Balaban J connectivity index is 1.54. The molecular formula is C33H45F3N2O4Si. The topological polar surface area (TPSA) is 52.9 Å². The van der Waals surface area contributed by atoms with Crippen molar-refractivity contribution in [2.24, 2.45) is 0 Å². The minimum Gasteiger partial charge on any atom is -0.444 e. The van der Waals surface area contributed by atoms with Crippen molar-refractivity contribution in [3.05, 3.63) is 71.4 Å². The number of fused-ring (bicyclic) bond motifs is 1. The van der Waals surface area contributed by atoms with Crippen molar-refractivity contribution in [3.8, 4) is 0 Å². The highest BCUT2D eigenvalue weighted by Crippen LogP contribution is 2.38. The summed E-state index contributed by atoms with van der Waals surface area (Å²) in [5.41, 5.74) is 0.586. The first-order chi connectivity index (χ1) is 20.1. The molecule has 1 aromatic heterocycles. The molecule has 0 radical (unpaired) electrons. The molecule has 2 heterocycles. The number of halogens is 3. The Morgan fingerprint density at radius 2 is 1.65 bits per heavy atom. The van der Waals surface area contributed by atoms with Gasteiger partial charge in [-0.15, -0.1) is 0 Å². The number of carbonyl (C=O) groups is 1. The van der Waals surface area contributed by atoms with Gasteiger partial charge < -0.3 is 23.7 Å². The van der Waals surface area contributed by atoms with Crippen LogP contribution in [-0.4, -0.2) is 55.5 Å². The average molecular weight is 619 g/mol. The molecule has 6 nitrogen and oxygen atoms in total.